The van der Waals surface area contributed by atoms with Gasteiger partial charge in [-0.3, -0.25) is 14.3 Å². The molecule has 1 unspecified atom stereocenters. The maximum absolute atomic E-state index is 12.6. The molecule has 0 bridgehead atoms. The van der Waals surface area contributed by atoms with E-state index in [0.29, 0.717) is 19.0 Å². The summed E-state index contributed by atoms with van der Waals surface area (Å²) in [6, 6.07) is 1.55. The lowest BCUT2D eigenvalue weighted by molar-refractivity contribution is -0.154. The third-order valence-corrected chi connectivity index (χ3v) is 4.03. The van der Waals surface area contributed by atoms with E-state index in [4.69, 9.17) is 0 Å². The maximum atomic E-state index is 12.6. The Morgan fingerprint density at radius 3 is 2.70 bits per heavy atom. The predicted octanol–water partition coefficient (Wildman–Crippen LogP) is 0.399. The third-order valence-electron chi connectivity index (χ3n) is 4.03. The molecule has 1 aliphatic heterocycles. The van der Waals surface area contributed by atoms with E-state index in [0.717, 1.165) is 12.8 Å². The van der Waals surface area contributed by atoms with Gasteiger partial charge in [0.25, 0.3) is 0 Å². The average molecular weight is 276 g/mol. The van der Waals surface area contributed by atoms with Crippen LogP contribution < -0.4 is 5.32 Å². The zero-order valence-electron chi connectivity index (χ0n) is 11.9. The van der Waals surface area contributed by atoms with Gasteiger partial charge in [-0.2, -0.15) is 5.10 Å². The van der Waals surface area contributed by atoms with Gasteiger partial charge in [-0.25, -0.2) is 0 Å². The Morgan fingerprint density at radius 2 is 2.10 bits per heavy atom. The number of amides is 2. The van der Waals surface area contributed by atoms with Crippen LogP contribution in [0.25, 0.3) is 0 Å². The smallest absolute Gasteiger partial charge is 0.248 e. The number of piperazine rings is 1. The molecule has 0 spiro atoms. The van der Waals surface area contributed by atoms with Gasteiger partial charge in [0, 0.05) is 18.9 Å². The molecule has 1 atom stereocenters. The molecule has 6 heteroatoms. The molecule has 0 aromatic carbocycles. The molecule has 6 nitrogen and oxygen atoms in total. The number of nitrogens with one attached hydrogen (secondary N) is 1. The summed E-state index contributed by atoms with van der Waals surface area (Å²) in [5, 5.41) is 6.99. The van der Waals surface area contributed by atoms with Crippen molar-refractivity contribution in [2.75, 3.05) is 6.54 Å². The first-order chi connectivity index (χ1) is 9.49. The van der Waals surface area contributed by atoms with Crippen molar-refractivity contribution < 1.29 is 9.59 Å². The minimum Gasteiger partial charge on any atom is -0.340 e. The second-order valence-electron chi connectivity index (χ2n) is 6.16. The van der Waals surface area contributed by atoms with Gasteiger partial charge in [0.05, 0.1) is 6.54 Å². The quantitative estimate of drug-likeness (QED) is 0.865. The van der Waals surface area contributed by atoms with Gasteiger partial charge in [0.2, 0.25) is 11.8 Å². The topological polar surface area (TPSA) is 67.2 Å². The van der Waals surface area contributed by atoms with E-state index in [-0.39, 0.29) is 17.9 Å². The van der Waals surface area contributed by atoms with E-state index in [9.17, 15) is 9.59 Å². The van der Waals surface area contributed by atoms with Crippen LogP contribution in [0.4, 0.5) is 0 Å². The summed E-state index contributed by atoms with van der Waals surface area (Å²) in [4.78, 5) is 26.6. The number of nitrogens with zero attached hydrogens (tertiary/aromatic N) is 3. The standard InChI is InChI=1S/C14H20N4O2/c1-14(2)13(20)18(9-8-17-7-3-6-15-17)11(10-4-5-10)12(19)16-14/h3,6-7,10-11H,4-5,8-9H2,1-2H3,(H,16,19). The van der Waals surface area contributed by atoms with Crippen molar-refractivity contribution in [1.29, 1.82) is 0 Å². The van der Waals surface area contributed by atoms with Gasteiger partial charge >= 0.3 is 0 Å². The van der Waals surface area contributed by atoms with E-state index in [1.807, 2.05) is 12.3 Å². The van der Waals surface area contributed by atoms with Crippen LogP contribution in [0.15, 0.2) is 18.5 Å². The fourth-order valence-corrected chi connectivity index (χ4v) is 2.83. The molecule has 1 aromatic rings. The summed E-state index contributed by atoms with van der Waals surface area (Å²) in [5.74, 6) is 0.311. The number of carbonyl (C=O) groups excluding carboxylic acids is 2. The van der Waals surface area contributed by atoms with E-state index in [1.54, 1.807) is 29.6 Å². The van der Waals surface area contributed by atoms with Gasteiger partial charge in [-0.15, -0.1) is 0 Å². The molecule has 108 valence electrons. The Kier molecular flexibility index (Phi) is 3.03. The molecule has 2 heterocycles. The van der Waals surface area contributed by atoms with E-state index < -0.39 is 5.54 Å². The molecule has 0 radical (unpaired) electrons. The minimum absolute atomic E-state index is 0.00107. The first-order valence-corrected chi connectivity index (χ1v) is 7.09. The first kappa shape index (κ1) is 13.1. The van der Waals surface area contributed by atoms with Crippen LogP contribution in [0.2, 0.25) is 0 Å². The van der Waals surface area contributed by atoms with Crippen LogP contribution in [0.1, 0.15) is 26.7 Å². The van der Waals surface area contributed by atoms with Crippen molar-refractivity contribution in [2.45, 2.75) is 44.8 Å². The molecule has 1 N–H and O–H groups in total. The zero-order valence-corrected chi connectivity index (χ0v) is 11.9. The van der Waals surface area contributed by atoms with Gasteiger partial charge in [-0.05, 0) is 38.7 Å². The second kappa shape index (κ2) is 4.61. The minimum atomic E-state index is -0.813. The van der Waals surface area contributed by atoms with Crippen LogP contribution >= 0.6 is 0 Å². The maximum Gasteiger partial charge on any atom is 0.248 e. The molecule has 2 amide bonds. The molecule has 2 aliphatic rings. The number of hydrogen-bond donors (Lipinski definition) is 1. The predicted molar refractivity (Wildman–Crippen MR) is 72.7 cm³/mol. The van der Waals surface area contributed by atoms with Gasteiger partial charge in [-0.1, -0.05) is 0 Å². The molecule has 3 rings (SSSR count). The monoisotopic (exact) mass is 276 g/mol. The Morgan fingerprint density at radius 1 is 1.35 bits per heavy atom. The number of hydrogen-bond acceptors (Lipinski definition) is 3. The molecular weight excluding hydrogens is 256 g/mol. The summed E-state index contributed by atoms with van der Waals surface area (Å²) >= 11 is 0. The summed E-state index contributed by atoms with van der Waals surface area (Å²) in [6.07, 6.45) is 5.65. The van der Waals surface area contributed by atoms with Crippen molar-refractivity contribution >= 4 is 11.8 Å². The van der Waals surface area contributed by atoms with Crippen molar-refractivity contribution in [1.82, 2.24) is 20.0 Å². The zero-order chi connectivity index (χ0) is 14.3. The number of aromatic nitrogens is 2. The lowest BCUT2D eigenvalue weighted by Crippen LogP contribution is -2.68. The fraction of sp³-hybridized carbons (Fsp3) is 0.643. The van der Waals surface area contributed by atoms with Crippen LogP contribution in [0, 0.1) is 5.92 Å². The van der Waals surface area contributed by atoms with Crippen LogP contribution in [0.3, 0.4) is 0 Å². The Labute approximate surface area is 118 Å². The Balaban J connectivity index is 1.78. The summed E-state index contributed by atoms with van der Waals surface area (Å²) in [6.45, 7) is 4.67. The normalized spacial score (nSPS) is 25.7. The van der Waals surface area contributed by atoms with Crippen molar-refractivity contribution in [3.63, 3.8) is 0 Å². The van der Waals surface area contributed by atoms with Crippen molar-refractivity contribution in [3.05, 3.63) is 18.5 Å². The number of rotatable bonds is 4. The van der Waals surface area contributed by atoms with Crippen molar-refractivity contribution in [2.24, 2.45) is 5.92 Å². The largest absolute Gasteiger partial charge is 0.340 e. The molecular formula is C14H20N4O2. The van der Waals surface area contributed by atoms with E-state index in [2.05, 4.69) is 10.4 Å². The highest BCUT2D eigenvalue weighted by molar-refractivity contribution is 5.99. The van der Waals surface area contributed by atoms with Gasteiger partial charge in [0.1, 0.15) is 11.6 Å². The highest BCUT2D eigenvalue weighted by Crippen LogP contribution is 2.38. The molecule has 1 aromatic heterocycles. The molecule has 1 saturated carbocycles. The van der Waals surface area contributed by atoms with Gasteiger partial charge < -0.3 is 10.2 Å². The SMILES string of the molecule is CC1(C)NC(=O)C(C2CC2)N(CCn2cccn2)C1=O. The van der Waals surface area contributed by atoms with E-state index in [1.165, 1.54) is 0 Å². The first-order valence-electron chi connectivity index (χ1n) is 7.09. The average Bonchev–Trinajstić information content (AvgIpc) is 3.06. The Bertz CT molecular complexity index is 519. The van der Waals surface area contributed by atoms with E-state index >= 15 is 0 Å². The highest BCUT2D eigenvalue weighted by atomic mass is 16.2. The fourth-order valence-electron chi connectivity index (χ4n) is 2.83. The second-order valence-corrected chi connectivity index (χ2v) is 6.16. The lowest BCUT2D eigenvalue weighted by Gasteiger charge is -2.43. The summed E-state index contributed by atoms with van der Waals surface area (Å²) in [5.41, 5.74) is -0.813. The van der Waals surface area contributed by atoms with Crippen LogP contribution in [-0.2, 0) is 16.1 Å². The summed E-state index contributed by atoms with van der Waals surface area (Å²) < 4.78 is 1.79. The molecule has 2 fully saturated rings. The summed E-state index contributed by atoms with van der Waals surface area (Å²) in [7, 11) is 0. The lowest BCUT2D eigenvalue weighted by atomic mass is 9.95. The van der Waals surface area contributed by atoms with Crippen LogP contribution in [-0.4, -0.2) is 44.6 Å². The van der Waals surface area contributed by atoms with Gasteiger partial charge in [0.15, 0.2) is 0 Å². The molecule has 20 heavy (non-hydrogen) atoms. The highest BCUT2D eigenvalue weighted by Gasteiger charge is 2.50. The molecule has 1 saturated heterocycles. The molecule has 1 aliphatic carbocycles. The Hall–Kier alpha value is -1.85. The van der Waals surface area contributed by atoms with Crippen LogP contribution in [0.5, 0.6) is 0 Å². The van der Waals surface area contributed by atoms with Crippen molar-refractivity contribution in [3.8, 4) is 0 Å². The number of carbonyl (C=O) groups is 2. The third kappa shape index (κ3) is 2.30.